The maximum atomic E-state index is 12.7. The van der Waals surface area contributed by atoms with Crippen molar-refractivity contribution in [1.29, 1.82) is 0 Å². The van der Waals surface area contributed by atoms with Crippen molar-refractivity contribution in [3.05, 3.63) is 46.5 Å². The summed E-state index contributed by atoms with van der Waals surface area (Å²) < 4.78 is 11.1. The molecule has 3 heterocycles. The Hall–Kier alpha value is -1.79. The van der Waals surface area contributed by atoms with E-state index >= 15 is 0 Å². The molecule has 1 aliphatic heterocycles. The zero-order valence-corrected chi connectivity index (χ0v) is 14.1. The zero-order valence-electron chi connectivity index (χ0n) is 13.2. The Morgan fingerprint density at radius 2 is 2.35 bits per heavy atom. The minimum absolute atomic E-state index is 0.00689. The first-order valence-electron chi connectivity index (χ1n) is 7.94. The highest BCUT2D eigenvalue weighted by Crippen LogP contribution is 2.18. The summed E-state index contributed by atoms with van der Waals surface area (Å²) in [7, 11) is 0. The normalized spacial score (nSPS) is 18.7. The lowest BCUT2D eigenvalue weighted by Crippen LogP contribution is -2.47. The second kappa shape index (κ2) is 7.66. The number of amides is 2. The van der Waals surface area contributed by atoms with Gasteiger partial charge in [0.1, 0.15) is 5.76 Å². The maximum Gasteiger partial charge on any atom is 0.318 e. The SMILES string of the molecule is C[C@@H](NC(=O)N(Cc1ccco1)Cc1cccs1)[C@@H]1CCCO1. The van der Waals surface area contributed by atoms with E-state index in [9.17, 15) is 4.79 Å². The molecule has 0 saturated carbocycles. The van der Waals surface area contributed by atoms with Gasteiger partial charge < -0.3 is 19.4 Å². The first-order valence-corrected chi connectivity index (χ1v) is 8.82. The molecule has 0 aliphatic carbocycles. The average Bonchev–Trinajstić information content (AvgIpc) is 3.30. The van der Waals surface area contributed by atoms with E-state index in [1.54, 1.807) is 22.5 Å². The van der Waals surface area contributed by atoms with Crippen molar-refractivity contribution in [2.24, 2.45) is 0 Å². The van der Waals surface area contributed by atoms with Gasteiger partial charge in [-0.1, -0.05) is 6.07 Å². The Bertz CT molecular complexity index is 555. The second-order valence-electron chi connectivity index (χ2n) is 5.80. The largest absolute Gasteiger partial charge is 0.467 e. The van der Waals surface area contributed by atoms with Crippen LogP contribution in [-0.4, -0.2) is 29.7 Å². The van der Waals surface area contributed by atoms with Crippen molar-refractivity contribution in [2.45, 2.75) is 45.0 Å². The summed E-state index contributed by atoms with van der Waals surface area (Å²) in [5, 5.41) is 5.09. The van der Waals surface area contributed by atoms with E-state index < -0.39 is 0 Å². The topological polar surface area (TPSA) is 54.7 Å². The molecule has 124 valence electrons. The monoisotopic (exact) mass is 334 g/mol. The summed E-state index contributed by atoms with van der Waals surface area (Å²) in [6, 6.07) is 7.68. The van der Waals surface area contributed by atoms with Gasteiger partial charge in [0, 0.05) is 11.5 Å². The molecule has 0 spiro atoms. The molecule has 5 nitrogen and oxygen atoms in total. The molecule has 2 amide bonds. The fourth-order valence-corrected chi connectivity index (χ4v) is 3.48. The van der Waals surface area contributed by atoms with Gasteiger partial charge in [0.05, 0.1) is 31.5 Å². The maximum absolute atomic E-state index is 12.7. The molecular formula is C17H22N2O3S. The first-order chi connectivity index (χ1) is 11.2. The van der Waals surface area contributed by atoms with Crippen LogP contribution in [0.2, 0.25) is 0 Å². The Balaban J connectivity index is 1.64. The molecule has 2 atom stereocenters. The van der Waals surface area contributed by atoms with Crippen molar-refractivity contribution in [1.82, 2.24) is 10.2 Å². The number of thiophene rings is 1. The molecule has 1 N–H and O–H groups in total. The van der Waals surface area contributed by atoms with Crippen LogP contribution in [0.4, 0.5) is 4.79 Å². The molecule has 1 saturated heterocycles. The Kier molecular flexibility index (Phi) is 5.35. The van der Waals surface area contributed by atoms with Crippen LogP contribution in [0.1, 0.15) is 30.4 Å². The fraction of sp³-hybridized carbons (Fsp3) is 0.471. The summed E-state index contributed by atoms with van der Waals surface area (Å²) in [6.45, 7) is 3.82. The number of nitrogens with zero attached hydrogens (tertiary/aromatic N) is 1. The van der Waals surface area contributed by atoms with E-state index in [0.717, 1.165) is 30.1 Å². The van der Waals surface area contributed by atoms with Crippen LogP contribution >= 0.6 is 11.3 Å². The van der Waals surface area contributed by atoms with E-state index in [4.69, 9.17) is 9.15 Å². The van der Waals surface area contributed by atoms with Crippen molar-refractivity contribution in [3.63, 3.8) is 0 Å². The molecule has 2 aromatic rings. The summed E-state index contributed by atoms with van der Waals surface area (Å²) in [5.41, 5.74) is 0. The number of urea groups is 1. The van der Waals surface area contributed by atoms with Crippen LogP contribution < -0.4 is 5.32 Å². The lowest BCUT2D eigenvalue weighted by atomic mass is 10.1. The average molecular weight is 334 g/mol. The Morgan fingerprint density at radius 1 is 1.43 bits per heavy atom. The van der Waals surface area contributed by atoms with Crippen LogP contribution in [0.25, 0.3) is 0 Å². The third-order valence-corrected chi connectivity index (χ3v) is 4.88. The molecular weight excluding hydrogens is 312 g/mol. The van der Waals surface area contributed by atoms with Gasteiger partial charge >= 0.3 is 6.03 Å². The number of hydrogen-bond acceptors (Lipinski definition) is 4. The predicted molar refractivity (Wildman–Crippen MR) is 89.2 cm³/mol. The molecule has 23 heavy (non-hydrogen) atoms. The number of carbonyl (C=O) groups excluding carboxylic acids is 1. The standard InChI is InChI=1S/C17H22N2O3S/c1-13(16-7-3-9-22-16)18-17(20)19(11-14-5-2-8-21-14)12-15-6-4-10-23-15/h2,4-6,8,10,13,16H,3,7,9,11-12H2,1H3,(H,18,20)/t13-,16+/m1/s1. The number of ether oxygens (including phenoxy) is 1. The van der Waals surface area contributed by atoms with Gasteiger partial charge in [-0.15, -0.1) is 11.3 Å². The van der Waals surface area contributed by atoms with Crippen LogP contribution in [-0.2, 0) is 17.8 Å². The smallest absolute Gasteiger partial charge is 0.318 e. The molecule has 0 aromatic carbocycles. The third-order valence-electron chi connectivity index (χ3n) is 4.01. The van der Waals surface area contributed by atoms with Crippen molar-refractivity contribution >= 4 is 17.4 Å². The molecule has 6 heteroatoms. The van der Waals surface area contributed by atoms with E-state index in [-0.39, 0.29) is 18.2 Å². The summed E-state index contributed by atoms with van der Waals surface area (Å²) in [5.74, 6) is 0.779. The van der Waals surface area contributed by atoms with Crippen molar-refractivity contribution < 1.29 is 13.9 Å². The number of furan rings is 1. The molecule has 2 aromatic heterocycles. The van der Waals surface area contributed by atoms with E-state index in [1.807, 2.05) is 36.6 Å². The van der Waals surface area contributed by atoms with Gasteiger partial charge in [0.15, 0.2) is 0 Å². The minimum Gasteiger partial charge on any atom is -0.467 e. The predicted octanol–water partition coefficient (Wildman–Crippen LogP) is 3.62. The molecule has 3 rings (SSSR count). The highest BCUT2D eigenvalue weighted by atomic mass is 32.1. The molecule has 1 fully saturated rings. The molecule has 0 bridgehead atoms. The van der Waals surface area contributed by atoms with Gasteiger partial charge in [-0.2, -0.15) is 0 Å². The molecule has 1 aliphatic rings. The van der Waals surface area contributed by atoms with Crippen molar-refractivity contribution in [2.75, 3.05) is 6.61 Å². The second-order valence-corrected chi connectivity index (χ2v) is 6.84. The van der Waals surface area contributed by atoms with Crippen LogP contribution in [0, 0.1) is 0 Å². The molecule has 0 radical (unpaired) electrons. The Morgan fingerprint density at radius 3 is 3.00 bits per heavy atom. The van der Waals surface area contributed by atoms with Gasteiger partial charge in [0.25, 0.3) is 0 Å². The highest BCUT2D eigenvalue weighted by Gasteiger charge is 2.26. The zero-order chi connectivity index (χ0) is 16.1. The summed E-state index contributed by atoms with van der Waals surface area (Å²) in [6.07, 6.45) is 3.82. The van der Waals surface area contributed by atoms with E-state index in [0.29, 0.717) is 13.1 Å². The summed E-state index contributed by atoms with van der Waals surface area (Å²) >= 11 is 1.65. The van der Waals surface area contributed by atoms with Gasteiger partial charge in [-0.25, -0.2) is 4.79 Å². The van der Waals surface area contributed by atoms with Gasteiger partial charge in [-0.3, -0.25) is 0 Å². The Labute approximate surface area is 140 Å². The number of hydrogen-bond donors (Lipinski definition) is 1. The lowest BCUT2D eigenvalue weighted by Gasteiger charge is -2.26. The summed E-state index contributed by atoms with van der Waals surface area (Å²) in [4.78, 5) is 15.6. The first kappa shape index (κ1) is 16.1. The van der Waals surface area contributed by atoms with Crippen LogP contribution in [0.5, 0.6) is 0 Å². The van der Waals surface area contributed by atoms with Crippen LogP contribution in [0.15, 0.2) is 40.3 Å². The number of carbonyl (C=O) groups is 1. The van der Waals surface area contributed by atoms with E-state index in [1.165, 1.54) is 0 Å². The van der Waals surface area contributed by atoms with Crippen molar-refractivity contribution in [3.8, 4) is 0 Å². The lowest BCUT2D eigenvalue weighted by molar-refractivity contribution is 0.0826. The quantitative estimate of drug-likeness (QED) is 0.878. The number of nitrogens with one attached hydrogen (secondary N) is 1. The third kappa shape index (κ3) is 4.36. The van der Waals surface area contributed by atoms with Crippen LogP contribution in [0.3, 0.4) is 0 Å². The minimum atomic E-state index is -0.0854. The highest BCUT2D eigenvalue weighted by molar-refractivity contribution is 7.09. The van der Waals surface area contributed by atoms with Gasteiger partial charge in [0.2, 0.25) is 0 Å². The van der Waals surface area contributed by atoms with Gasteiger partial charge in [-0.05, 0) is 43.3 Å². The number of rotatable bonds is 6. The van der Waals surface area contributed by atoms with E-state index in [2.05, 4.69) is 5.32 Å². The molecule has 0 unspecified atom stereocenters. The fourth-order valence-electron chi connectivity index (χ4n) is 2.76.